The van der Waals surface area contributed by atoms with Gasteiger partial charge in [0.05, 0.1) is 0 Å². The van der Waals surface area contributed by atoms with Crippen molar-refractivity contribution in [2.24, 2.45) is 11.8 Å². The Morgan fingerprint density at radius 3 is 2.35 bits per heavy atom. The third-order valence-electron chi connectivity index (χ3n) is 3.66. The van der Waals surface area contributed by atoms with E-state index in [1.807, 2.05) is 20.8 Å². The van der Waals surface area contributed by atoms with Gasteiger partial charge in [0.1, 0.15) is 5.60 Å². The van der Waals surface area contributed by atoms with E-state index in [0.717, 1.165) is 13.1 Å². The molecule has 1 heterocycles. The van der Waals surface area contributed by atoms with Crippen LogP contribution < -0.4 is 10.6 Å². The summed E-state index contributed by atoms with van der Waals surface area (Å²) in [6.07, 6.45) is 3.46. The molecule has 4 nitrogen and oxygen atoms in total. The van der Waals surface area contributed by atoms with Crippen LogP contribution in [-0.4, -0.2) is 30.8 Å². The average Bonchev–Trinajstić information content (AvgIpc) is 2.13. The van der Waals surface area contributed by atoms with Crippen LogP contribution in [0.3, 0.4) is 0 Å². The van der Waals surface area contributed by atoms with Crippen molar-refractivity contribution in [3.63, 3.8) is 0 Å². The lowest BCUT2D eigenvalue weighted by Gasteiger charge is -2.43. The van der Waals surface area contributed by atoms with Gasteiger partial charge >= 0.3 is 6.09 Å². The average molecular weight is 240 g/mol. The van der Waals surface area contributed by atoms with Crippen LogP contribution in [0.5, 0.6) is 0 Å². The van der Waals surface area contributed by atoms with Crippen LogP contribution in [0.4, 0.5) is 4.79 Å². The number of fused-ring (bicyclic) bond motifs is 2. The Labute approximate surface area is 103 Å². The molecule has 4 heteroatoms. The van der Waals surface area contributed by atoms with Gasteiger partial charge < -0.3 is 15.4 Å². The van der Waals surface area contributed by atoms with E-state index in [4.69, 9.17) is 4.74 Å². The number of rotatable bonds is 1. The fourth-order valence-corrected chi connectivity index (χ4v) is 2.98. The molecule has 0 spiro atoms. The van der Waals surface area contributed by atoms with Gasteiger partial charge in [-0.25, -0.2) is 4.79 Å². The summed E-state index contributed by atoms with van der Waals surface area (Å²) in [5.41, 5.74) is -0.411. The van der Waals surface area contributed by atoms with Crippen molar-refractivity contribution in [1.29, 1.82) is 0 Å². The molecule has 0 aromatic rings. The van der Waals surface area contributed by atoms with Crippen LogP contribution in [0.25, 0.3) is 0 Å². The molecule has 1 amide bonds. The number of carbonyl (C=O) groups is 1. The predicted octanol–water partition coefficient (Wildman–Crippen LogP) is 1.90. The van der Waals surface area contributed by atoms with Crippen molar-refractivity contribution in [3.05, 3.63) is 0 Å². The number of hydrogen-bond acceptors (Lipinski definition) is 3. The van der Waals surface area contributed by atoms with Crippen LogP contribution in [0, 0.1) is 11.8 Å². The highest BCUT2D eigenvalue weighted by Crippen LogP contribution is 2.31. The molecule has 0 radical (unpaired) electrons. The molecule has 0 aromatic heterocycles. The fraction of sp³-hybridized carbons (Fsp3) is 0.923. The molecule has 1 saturated heterocycles. The number of hydrogen-bond donors (Lipinski definition) is 2. The van der Waals surface area contributed by atoms with Gasteiger partial charge in [-0.1, -0.05) is 6.42 Å². The first kappa shape index (κ1) is 12.7. The highest BCUT2D eigenvalue weighted by Gasteiger charge is 2.37. The Bertz CT molecular complexity index is 264. The number of nitrogens with one attached hydrogen (secondary N) is 2. The second-order valence-electron chi connectivity index (χ2n) is 6.28. The van der Waals surface area contributed by atoms with Gasteiger partial charge in [-0.3, -0.25) is 0 Å². The minimum absolute atomic E-state index is 0.263. The van der Waals surface area contributed by atoms with E-state index < -0.39 is 5.60 Å². The SMILES string of the molecule is CC(C)(C)OC(=O)NC1C2CCCC1CNC2. The lowest BCUT2D eigenvalue weighted by Crippen LogP contribution is -2.57. The van der Waals surface area contributed by atoms with E-state index in [1.165, 1.54) is 19.3 Å². The first-order valence-electron chi connectivity index (χ1n) is 6.66. The molecule has 2 bridgehead atoms. The molecule has 1 aliphatic carbocycles. The molecule has 2 unspecified atom stereocenters. The summed E-state index contributed by atoms with van der Waals surface area (Å²) in [6.45, 7) is 7.75. The molecule has 2 N–H and O–H groups in total. The Hall–Kier alpha value is -0.770. The van der Waals surface area contributed by atoms with E-state index in [-0.39, 0.29) is 6.09 Å². The molecule has 2 rings (SSSR count). The maximum atomic E-state index is 11.8. The molecule has 2 aliphatic rings. The monoisotopic (exact) mass is 240 g/mol. The van der Waals surface area contributed by atoms with Gasteiger partial charge in [0, 0.05) is 6.04 Å². The van der Waals surface area contributed by atoms with Crippen molar-refractivity contribution < 1.29 is 9.53 Å². The highest BCUT2D eigenvalue weighted by atomic mass is 16.6. The Morgan fingerprint density at radius 2 is 1.82 bits per heavy atom. The van der Waals surface area contributed by atoms with Gasteiger partial charge in [0.2, 0.25) is 0 Å². The molecule has 0 aromatic carbocycles. The van der Waals surface area contributed by atoms with Crippen molar-refractivity contribution in [1.82, 2.24) is 10.6 Å². The smallest absolute Gasteiger partial charge is 0.407 e. The molecular weight excluding hydrogens is 216 g/mol. The lowest BCUT2D eigenvalue weighted by molar-refractivity contribution is 0.0399. The van der Waals surface area contributed by atoms with Gasteiger partial charge in [-0.2, -0.15) is 0 Å². The molecule has 2 atom stereocenters. The fourth-order valence-electron chi connectivity index (χ4n) is 2.98. The van der Waals surface area contributed by atoms with Crippen LogP contribution in [0.15, 0.2) is 0 Å². The summed E-state index contributed by atoms with van der Waals surface area (Å²) in [7, 11) is 0. The molecule has 1 aliphatic heterocycles. The Morgan fingerprint density at radius 1 is 1.24 bits per heavy atom. The van der Waals surface area contributed by atoms with E-state index in [2.05, 4.69) is 10.6 Å². The van der Waals surface area contributed by atoms with Gasteiger partial charge in [-0.15, -0.1) is 0 Å². The van der Waals surface area contributed by atoms with Crippen molar-refractivity contribution >= 4 is 6.09 Å². The van der Waals surface area contributed by atoms with Crippen LogP contribution in [0.2, 0.25) is 0 Å². The first-order valence-corrected chi connectivity index (χ1v) is 6.66. The van der Waals surface area contributed by atoms with Crippen LogP contribution in [0.1, 0.15) is 40.0 Å². The van der Waals surface area contributed by atoms with E-state index in [1.54, 1.807) is 0 Å². The highest BCUT2D eigenvalue weighted by molar-refractivity contribution is 5.68. The molecule has 17 heavy (non-hydrogen) atoms. The Balaban J connectivity index is 1.91. The molecule has 98 valence electrons. The minimum Gasteiger partial charge on any atom is -0.444 e. The number of carbonyl (C=O) groups excluding carboxylic acids is 1. The third kappa shape index (κ3) is 3.35. The predicted molar refractivity (Wildman–Crippen MR) is 66.9 cm³/mol. The van der Waals surface area contributed by atoms with Gasteiger partial charge in [0.15, 0.2) is 0 Å². The van der Waals surface area contributed by atoms with E-state index >= 15 is 0 Å². The summed E-state index contributed by atoms with van der Waals surface area (Å²) in [5, 5.41) is 6.52. The largest absolute Gasteiger partial charge is 0.444 e. The zero-order valence-electron chi connectivity index (χ0n) is 11.1. The van der Waals surface area contributed by atoms with Crippen molar-refractivity contribution in [2.45, 2.75) is 51.7 Å². The lowest BCUT2D eigenvalue weighted by atomic mass is 9.74. The third-order valence-corrected chi connectivity index (χ3v) is 3.66. The molecular formula is C13H24N2O2. The normalized spacial score (nSPS) is 33.0. The summed E-state index contributed by atoms with van der Waals surface area (Å²) in [4.78, 5) is 11.8. The zero-order valence-corrected chi connectivity index (χ0v) is 11.1. The number of ether oxygens (including phenoxy) is 1. The zero-order chi connectivity index (χ0) is 12.5. The topological polar surface area (TPSA) is 50.4 Å². The first-order chi connectivity index (χ1) is 7.96. The van der Waals surface area contributed by atoms with Crippen LogP contribution in [-0.2, 0) is 4.74 Å². The molecule has 2 fully saturated rings. The summed E-state index contributed by atoms with van der Waals surface area (Å²) >= 11 is 0. The van der Waals surface area contributed by atoms with Gasteiger partial charge in [-0.05, 0) is 58.5 Å². The maximum absolute atomic E-state index is 11.8. The summed E-state index contributed by atoms with van der Waals surface area (Å²) < 4.78 is 5.34. The van der Waals surface area contributed by atoms with Crippen LogP contribution >= 0.6 is 0 Å². The quantitative estimate of drug-likeness (QED) is 0.736. The van der Waals surface area contributed by atoms with E-state index in [9.17, 15) is 4.79 Å². The second-order valence-corrected chi connectivity index (χ2v) is 6.28. The summed E-state index contributed by atoms with van der Waals surface area (Å²) in [5.74, 6) is 1.16. The van der Waals surface area contributed by atoms with E-state index in [0.29, 0.717) is 17.9 Å². The number of alkyl carbamates (subject to hydrolysis) is 1. The number of piperidine rings is 1. The minimum atomic E-state index is -0.411. The second kappa shape index (κ2) is 4.84. The Kier molecular flexibility index (Phi) is 3.61. The molecule has 1 saturated carbocycles. The summed E-state index contributed by atoms with van der Waals surface area (Å²) in [6, 6.07) is 0.305. The van der Waals surface area contributed by atoms with Crippen molar-refractivity contribution in [2.75, 3.05) is 13.1 Å². The van der Waals surface area contributed by atoms with Gasteiger partial charge in [0.25, 0.3) is 0 Å². The number of amides is 1. The maximum Gasteiger partial charge on any atom is 0.407 e. The van der Waals surface area contributed by atoms with Crippen molar-refractivity contribution in [3.8, 4) is 0 Å². The standard InChI is InChI=1S/C13H24N2O2/c1-13(2,3)17-12(16)15-11-9-5-4-6-10(11)8-14-7-9/h9-11,14H,4-8H2,1-3H3,(H,15,16).